The number of aliphatic carboxylic acids is 1. The van der Waals surface area contributed by atoms with Gasteiger partial charge in [-0.25, -0.2) is 9.79 Å². The number of allylic oxidation sites excluding steroid dienone is 3. The second-order valence-corrected chi connectivity index (χ2v) is 16.0. The van der Waals surface area contributed by atoms with Crippen molar-refractivity contribution in [2.45, 2.75) is 102 Å². The van der Waals surface area contributed by atoms with Crippen LogP contribution in [0.5, 0.6) is 11.5 Å². The first kappa shape index (κ1) is 40.4. The number of aliphatic imine (C=N–C) groups is 1. The van der Waals surface area contributed by atoms with E-state index in [9.17, 15) is 37.6 Å². The third-order valence-corrected chi connectivity index (χ3v) is 11.2. The standard InChI is InChI=1S/C35H47N5O10S2/c1-7-8-9-10-21-16-25(41)28(23-15-20(4)11-12-22(23)19(2)3)26(17-21)49-18-51-33-30(32(43)40(33)52(46,47)48)38-31(42)29(24-13-14-27(36)37-24)39-50-35(5,6)34(44)45/h13,15-17,22-23,30,33,41H,2,7-12,14,18H2,1,3-6H3,(H2,36,37)(H,38,42)(H,44,45)(H,46,47,48)/b39-29-/t22-,23+,30+,33?/m0/s1. The van der Waals surface area contributed by atoms with Crippen LogP contribution >= 0.6 is 11.8 Å². The Balaban J connectivity index is 1.62. The Kier molecular flexibility index (Phi) is 12.9. The summed E-state index contributed by atoms with van der Waals surface area (Å²) in [7, 11) is -5.06. The van der Waals surface area contributed by atoms with Gasteiger partial charge in [0.15, 0.2) is 5.71 Å². The first-order valence-corrected chi connectivity index (χ1v) is 19.4. The number of nitrogens with zero attached hydrogens (tertiary/aromatic N) is 3. The number of hydrogen-bond acceptors (Lipinski definition) is 12. The fourth-order valence-corrected chi connectivity index (χ4v) is 8.29. The quantitative estimate of drug-likeness (QED) is 0.0280. The summed E-state index contributed by atoms with van der Waals surface area (Å²) in [5.74, 6) is -3.43. The number of benzene rings is 1. The Bertz CT molecular complexity index is 1840. The van der Waals surface area contributed by atoms with E-state index in [0.29, 0.717) is 17.7 Å². The molecule has 1 aromatic rings. The number of β-lactam (4-membered cyclic amide) rings is 1. The van der Waals surface area contributed by atoms with Gasteiger partial charge in [0.2, 0.25) is 5.60 Å². The van der Waals surface area contributed by atoms with Crippen molar-refractivity contribution in [3.63, 3.8) is 0 Å². The van der Waals surface area contributed by atoms with E-state index < -0.39 is 50.8 Å². The minimum atomic E-state index is -5.06. The Morgan fingerprint density at radius 2 is 1.98 bits per heavy atom. The molecular formula is C35H47N5O10S2. The number of carboxylic acids is 1. The predicted molar refractivity (Wildman–Crippen MR) is 197 cm³/mol. The van der Waals surface area contributed by atoms with E-state index in [1.165, 1.54) is 19.9 Å². The molecule has 1 saturated heterocycles. The number of nitrogens with one attached hydrogen (secondary N) is 1. The lowest BCUT2D eigenvalue weighted by atomic mass is 9.73. The number of ether oxygens (including phenoxy) is 1. The number of hydrogen-bond donors (Lipinski definition) is 5. The number of aromatic hydroxyl groups is 1. The van der Waals surface area contributed by atoms with Gasteiger partial charge in [-0.15, -0.1) is 0 Å². The molecular weight excluding hydrogens is 715 g/mol. The number of amides is 2. The van der Waals surface area contributed by atoms with Crippen molar-refractivity contribution in [2.75, 3.05) is 5.94 Å². The van der Waals surface area contributed by atoms with Crippen LogP contribution in [-0.4, -0.2) is 79.8 Å². The highest BCUT2D eigenvalue weighted by Crippen LogP contribution is 2.47. The van der Waals surface area contributed by atoms with E-state index >= 15 is 0 Å². The van der Waals surface area contributed by atoms with E-state index in [1.807, 2.05) is 19.9 Å². The minimum Gasteiger partial charge on any atom is -0.507 e. The molecule has 4 rings (SSSR count). The number of rotatable bonds is 17. The zero-order valence-corrected chi connectivity index (χ0v) is 31.6. The lowest BCUT2D eigenvalue weighted by Gasteiger charge is -2.43. The molecule has 0 aromatic heterocycles. The van der Waals surface area contributed by atoms with Gasteiger partial charge < -0.3 is 30.8 Å². The molecule has 2 amide bonds. The Hall–Kier alpha value is -4.35. The Labute approximate surface area is 308 Å². The monoisotopic (exact) mass is 761 g/mol. The smallest absolute Gasteiger partial charge is 0.363 e. The molecule has 1 unspecified atom stereocenters. The zero-order chi connectivity index (χ0) is 38.5. The summed E-state index contributed by atoms with van der Waals surface area (Å²) >= 11 is 0.812. The van der Waals surface area contributed by atoms with Crippen LogP contribution in [0.15, 0.2) is 57.9 Å². The molecule has 284 valence electrons. The van der Waals surface area contributed by atoms with Crippen LogP contribution in [0.4, 0.5) is 0 Å². The van der Waals surface area contributed by atoms with E-state index in [4.69, 9.17) is 15.3 Å². The highest BCUT2D eigenvalue weighted by molar-refractivity contribution is 8.00. The topological polar surface area (TPSA) is 231 Å². The average Bonchev–Trinajstić information content (AvgIpc) is 3.47. The van der Waals surface area contributed by atoms with Crippen LogP contribution in [0.25, 0.3) is 0 Å². The molecule has 0 spiro atoms. The van der Waals surface area contributed by atoms with Crippen molar-refractivity contribution < 1.29 is 47.1 Å². The normalized spacial score (nSPS) is 22.2. The summed E-state index contributed by atoms with van der Waals surface area (Å²) in [6.07, 6.45) is 9.04. The number of carbonyl (C=O) groups is 3. The second kappa shape index (κ2) is 16.5. The highest BCUT2D eigenvalue weighted by atomic mass is 32.2. The van der Waals surface area contributed by atoms with Crippen LogP contribution in [0.2, 0.25) is 0 Å². The molecule has 0 saturated carbocycles. The summed E-state index contributed by atoms with van der Waals surface area (Å²) in [6.45, 7) is 12.7. The molecule has 1 aromatic carbocycles. The van der Waals surface area contributed by atoms with E-state index in [0.717, 1.165) is 60.6 Å². The van der Waals surface area contributed by atoms with Crippen LogP contribution in [-0.2, 0) is 35.9 Å². The first-order valence-electron chi connectivity index (χ1n) is 16.9. The molecule has 15 nitrogen and oxygen atoms in total. The molecule has 6 N–H and O–H groups in total. The van der Waals surface area contributed by atoms with E-state index in [1.54, 1.807) is 6.07 Å². The molecule has 1 fully saturated rings. The fraction of sp³-hybridized carbons (Fsp3) is 0.514. The van der Waals surface area contributed by atoms with Gasteiger partial charge in [0, 0.05) is 17.9 Å². The van der Waals surface area contributed by atoms with Gasteiger partial charge in [-0.3, -0.25) is 14.1 Å². The number of oxime groups is 1. The number of carbonyl (C=O) groups excluding carboxylic acids is 2. The Morgan fingerprint density at radius 1 is 1.27 bits per heavy atom. The number of phenolic OH excluding ortho intramolecular Hbond substituents is 1. The maximum Gasteiger partial charge on any atom is 0.363 e. The zero-order valence-electron chi connectivity index (χ0n) is 29.9. The third kappa shape index (κ3) is 9.35. The molecule has 1 aliphatic carbocycles. The number of thioether (sulfide) groups is 1. The third-order valence-electron chi connectivity index (χ3n) is 9.06. The molecule has 2 heterocycles. The van der Waals surface area contributed by atoms with Crippen molar-refractivity contribution in [3.8, 4) is 11.5 Å². The molecule has 0 radical (unpaired) electrons. The molecule has 3 aliphatic rings. The maximum atomic E-state index is 13.5. The summed E-state index contributed by atoms with van der Waals surface area (Å²) in [5, 5.41) is 25.6. The van der Waals surface area contributed by atoms with Crippen LogP contribution in [0, 0.1) is 5.92 Å². The van der Waals surface area contributed by atoms with Crippen molar-refractivity contribution in [1.29, 1.82) is 0 Å². The van der Waals surface area contributed by atoms with Gasteiger partial charge in [-0.2, -0.15) is 12.7 Å². The van der Waals surface area contributed by atoms with Gasteiger partial charge in [0.25, 0.3) is 11.8 Å². The van der Waals surface area contributed by atoms with Crippen LogP contribution in [0.1, 0.15) is 90.2 Å². The van der Waals surface area contributed by atoms with Crippen molar-refractivity contribution >= 4 is 51.4 Å². The molecule has 0 bridgehead atoms. The van der Waals surface area contributed by atoms with Gasteiger partial charge in [-0.05, 0) is 83.1 Å². The summed E-state index contributed by atoms with van der Waals surface area (Å²) < 4.78 is 40.9. The number of amidine groups is 1. The van der Waals surface area contributed by atoms with E-state index in [-0.39, 0.29) is 45.8 Å². The largest absolute Gasteiger partial charge is 0.507 e. The van der Waals surface area contributed by atoms with Gasteiger partial charge in [0.05, 0.1) is 5.70 Å². The van der Waals surface area contributed by atoms with Crippen molar-refractivity contribution in [1.82, 2.24) is 9.62 Å². The predicted octanol–water partition coefficient (Wildman–Crippen LogP) is 4.55. The van der Waals surface area contributed by atoms with Gasteiger partial charge in [-0.1, -0.05) is 60.5 Å². The van der Waals surface area contributed by atoms with Gasteiger partial charge >= 0.3 is 16.3 Å². The summed E-state index contributed by atoms with van der Waals surface area (Å²) in [4.78, 5) is 47.3. The number of carboxylic acid groups (broad SMARTS) is 1. The Morgan fingerprint density at radius 3 is 2.58 bits per heavy atom. The van der Waals surface area contributed by atoms with Crippen molar-refractivity contribution in [2.24, 2.45) is 21.8 Å². The van der Waals surface area contributed by atoms with Crippen LogP contribution < -0.4 is 15.8 Å². The molecule has 4 atom stereocenters. The number of nitrogens with two attached hydrogens (primary N) is 1. The number of aryl methyl sites for hydroxylation is 1. The fourth-order valence-electron chi connectivity index (χ4n) is 6.11. The lowest BCUT2D eigenvalue weighted by Crippen LogP contribution is -2.71. The molecule has 52 heavy (non-hydrogen) atoms. The van der Waals surface area contributed by atoms with Gasteiger partial charge in [0.1, 0.15) is 34.7 Å². The van der Waals surface area contributed by atoms with Crippen molar-refractivity contribution in [3.05, 3.63) is 58.8 Å². The number of unbranched alkanes of at least 4 members (excludes halogenated alkanes) is 2. The minimum absolute atomic E-state index is 0.0324. The highest BCUT2D eigenvalue weighted by Gasteiger charge is 2.55. The summed E-state index contributed by atoms with van der Waals surface area (Å²) in [5.41, 5.74) is 6.89. The molecule has 17 heteroatoms. The van der Waals surface area contributed by atoms with Crippen LogP contribution in [0.3, 0.4) is 0 Å². The lowest BCUT2D eigenvalue weighted by molar-refractivity contribution is -0.161. The first-order chi connectivity index (χ1) is 24.3. The maximum absolute atomic E-state index is 13.5. The number of phenols is 1. The SMILES string of the molecule is C=C(C)[C@@H]1CCC(C)=C[C@H]1c1c(O)cc(CCCCC)cc1OCSC1[C@H](NC(=O)/C(=N\OC(C)(C)C(=O)O)C2=CCC(N)=N2)C(=O)N1S(=O)(=O)O. The summed E-state index contributed by atoms with van der Waals surface area (Å²) in [6, 6.07) is 2.11. The molecule has 2 aliphatic heterocycles. The van der Waals surface area contributed by atoms with E-state index in [2.05, 4.69) is 35.0 Å². The second-order valence-electron chi connectivity index (χ2n) is 13.6. The average molecular weight is 762 g/mol.